The van der Waals surface area contributed by atoms with Crippen molar-refractivity contribution in [1.82, 2.24) is 4.98 Å². The second-order valence-corrected chi connectivity index (χ2v) is 4.77. The maximum Gasteiger partial charge on any atom is 0.122 e. The van der Waals surface area contributed by atoms with Crippen molar-refractivity contribution in [3.05, 3.63) is 24.0 Å². The van der Waals surface area contributed by atoms with Gasteiger partial charge in [0.05, 0.1) is 5.69 Å². The number of pyridine rings is 1. The highest BCUT2D eigenvalue weighted by atomic mass is 32.1. The summed E-state index contributed by atoms with van der Waals surface area (Å²) in [6.07, 6.45) is 5.48. The molecule has 0 saturated heterocycles. The largest absolute Gasteiger partial charge is 0.388 e. The van der Waals surface area contributed by atoms with Crippen LogP contribution in [0.3, 0.4) is 0 Å². The van der Waals surface area contributed by atoms with E-state index in [2.05, 4.69) is 17.2 Å². The molecule has 0 radical (unpaired) electrons. The first-order valence-electron chi connectivity index (χ1n) is 5.13. The van der Waals surface area contributed by atoms with Crippen LogP contribution < -0.4 is 11.1 Å². The number of nitrogens with one attached hydrogen (secondary N) is 1. The number of nitrogens with zero attached hydrogens (tertiary/aromatic N) is 1. The van der Waals surface area contributed by atoms with Crippen LogP contribution in [0.1, 0.15) is 31.9 Å². The van der Waals surface area contributed by atoms with Gasteiger partial charge in [0, 0.05) is 17.4 Å². The fourth-order valence-electron chi connectivity index (χ4n) is 1.82. The molecule has 2 rings (SSSR count). The molecule has 0 bridgehead atoms. The maximum atomic E-state index is 5.53. The third kappa shape index (κ3) is 2.26. The first kappa shape index (κ1) is 10.4. The van der Waals surface area contributed by atoms with Crippen molar-refractivity contribution in [2.75, 3.05) is 5.32 Å². The Labute approximate surface area is 95.1 Å². The van der Waals surface area contributed by atoms with E-state index < -0.39 is 0 Å². The zero-order valence-corrected chi connectivity index (χ0v) is 9.60. The normalized spacial score (nSPS) is 17.9. The lowest BCUT2D eigenvalue weighted by atomic mass is 9.78. The topological polar surface area (TPSA) is 50.9 Å². The Hall–Kier alpha value is -1.16. The quantitative estimate of drug-likeness (QED) is 0.767. The summed E-state index contributed by atoms with van der Waals surface area (Å²) in [5.41, 5.74) is 7.51. The Balaban J connectivity index is 2.14. The van der Waals surface area contributed by atoms with E-state index in [1.165, 1.54) is 19.3 Å². The Morgan fingerprint density at radius 3 is 2.87 bits per heavy atom. The van der Waals surface area contributed by atoms with Crippen molar-refractivity contribution in [3.8, 4) is 0 Å². The van der Waals surface area contributed by atoms with E-state index >= 15 is 0 Å². The summed E-state index contributed by atoms with van der Waals surface area (Å²) in [6, 6.07) is 3.86. The van der Waals surface area contributed by atoms with Crippen LogP contribution in [0.5, 0.6) is 0 Å². The van der Waals surface area contributed by atoms with E-state index in [1.807, 2.05) is 12.1 Å². The highest BCUT2D eigenvalue weighted by Crippen LogP contribution is 2.34. The molecular formula is C11H15N3S. The molecule has 1 aliphatic rings. The van der Waals surface area contributed by atoms with Crippen LogP contribution in [0.2, 0.25) is 0 Å². The lowest BCUT2D eigenvalue weighted by Gasteiger charge is -2.40. The van der Waals surface area contributed by atoms with Crippen molar-refractivity contribution in [2.45, 2.75) is 31.7 Å². The van der Waals surface area contributed by atoms with Crippen molar-refractivity contribution in [2.24, 2.45) is 5.73 Å². The van der Waals surface area contributed by atoms with Gasteiger partial charge in [-0.2, -0.15) is 0 Å². The van der Waals surface area contributed by atoms with Gasteiger partial charge < -0.3 is 11.1 Å². The van der Waals surface area contributed by atoms with Gasteiger partial charge in [0.25, 0.3) is 0 Å². The molecule has 1 aromatic rings. The van der Waals surface area contributed by atoms with Crippen LogP contribution in [0.4, 0.5) is 5.69 Å². The van der Waals surface area contributed by atoms with Gasteiger partial charge in [-0.05, 0) is 38.3 Å². The Morgan fingerprint density at radius 2 is 2.33 bits per heavy atom. The van der Waals surface area contributed by atoms with Gasteiger partial charge in [0.1, 0.15) is 4.99 Å². The molecular weight excluding hydrogens is 206 g/mol. The molecule has 1 aliphatic carbocycles. The Kier molecular flexibility index (Phi) is 2.61. The van der Waals surface area contributed by atoms with E-state index in [4.69, 9.17) is 18.0 Å². The highest BCUT2D eigenvalue weighted by molar-refractivity contribution is 7.80. The number of hydrogen-bond acceptors (Lipinski definition) is 3. The van der Waals surface area contributed by atoms with Crippen molar-refractivity contribution in [3.63, 3.8) is 0 Å². The van der Waals surface area contributed by atoms with Crippen molar-refractivity contribution >= 4 is 22.9 Å². The number of aromatic nitrogens is 1. The van der Waals surface area contributed by atoms with Crippen LogP contribution in [0.25, 0.3) is 0 Å². The molecule has 0 aromatic carbocycles. The van der Waals surface area contributed by atoms with E-state index in [0.29, 0.717) is 10.7 Å². The average molecular weight is 221 g/mol. The maximum absolute atomic E-state index is 5.53. The monoisotopic (exact) mass is 221 g/mol. The molecule has 0 aliphatic heterocycles. The molecule has 3 nitrogen and oxygen atoms in total. The predicted molar refractivity (Wildman–Crippen MR) is 66.0 cm³/mol. The molecule has 0 amide bonds. The summed E-state index contributed by atoms with van der Waals surface area (Å²) >= 11 is 4.89. The zero-order chi connectivity index (χ0) is 10.9. The molecule has 80 valence electrons. The molecule has 3 N–H and O–H groups in total. The van der Waals surface area contributed by atoms with Crippen LogP contribution >= 0.6 is 12.2 Å². The van der Waals surface area contributed by atoms with Gasteiger partial charge in [-0.1, -0.05) is 12.2 Å². The van der Waals surface area contributed by atoms with Crippen LogP contribution in [0, 0.1) is 0 Å². The first-order valence-corrected chi connectivity index (χ1v) is 5.54. The smallest absolute Gasteiger partial charge is 0.122 e. The van der Waals surface area contributed by atoms with Crippen LogP contribution in [0.15, 0.2) is 18.3 Å². The number of thiocarbonyl (C=S) groups is 1. The fraction of sp³-hybridized carbons (Fsp3) is 0.455. The SMILES string of the molecule is CC1(Nc2ccnc(C(N)=S)c2)CCC1. The first-order chi connectivity index (χ1) is 7.09. The summed E-state index contributed by atoms with van der Waals surface area (Å²) in [5.74, 6) is 0. The lowest BCUT2D eigenvalue weighted by molar-refractivity contribution is 0.306. The molecule has 4 heteroatoms. The molecule has 1 heterocycles. The summed E-state index contributed by atoms with van der Waals surface area (Å²) in [7, 11) is 0. The number of anilines is 1. The zero-order valence-electron chi connectivity index (χ0n) is 8.79. The molecule has 1 aromatic heterocycles. The third-order valence-corrected chi connectivity index (χ3v) is 3.12. The van der Waals surface area contributed by atoms with E-state index in [9.17, 15) is 0 Å². The highest BCUT2D eigenvalue weighted by Gasteiger charge is 2.31. The average Bonchev–Trinajstić information content (AvgIpc) is 2.16. The lowest BCUT2D eigenvalue weighted by Crippen LogP contribution is -2.41. The number of hydrogen-bond donors (Lipinski definition) is 2. The number of nitrogens with two attached hydrogens (primary N) is 1. The third-order valence-electron chi connectivity index (χ3n) is 2.92. The molecule has 0 spiro atoms. The standard InChI is InChI=1S/C11H15N3S/c1-11(4-2-5-11)14-8-3-6-13-9(7-8)10(12)15/h3,6-7H,2,4-5H2,1H3,(H2,12,15)(H,13,14). The van der Waals surface area contributed by atoms with Crippen molar-refractivity contribution < 1.29 is 0 Å². The van der Waals surface area contributed by atoms with E-state index in [0.717, 1.165) is 5.69 Å². The Bertz CT molecular complexity index is 385. The van der Waals surface area contributed by atoms with Crippen LogP contribution in [-0.2, 0) is 0 Å². The van der Waals surface area contributed by atoms with Gasteiger partial charge >= 0.3 is 0 Å². The van der Waals surface area contributed by atoms with Gasteiger partial charge in [0.2, 0.25) is 0 Å². The second kappa shape index (κ2) is 3.77. The second-order valence-electron chi connectivity index (χ2n) is 4.33. The molecule has 0 unspecified atom stereocenters. The molecule has 1 saturated carbocycles. The summed E-state index contributed by atoms with van der Waals surface area (Å²) in [4.78, 5) is 4.45. The minimum absolute atomic E-state index is 0.245. The summed E-state index contributed by atoms with van der Waals surface area (Å²) in [6.45, 7) is 2.23. The number of rotatable bonds is 3. The molecule has 0 atom stereocenters. The minimum Gasteiger partial charge on any atom is -0.388 e. The fourth-order valence-corrected chi connectivity index (χ4v) is 1.94. The van der Waals surface area contributed by atoms with E-state index in [-0.39, 0.29) is 5.54 Å². The summed E-state index contributed by atoms with van der Waals surface area (Å²) in [5, 5.41) is 3.49. The molecule has 1 fully saturated rings. The molecule has 15 heavy (non-hydrogen) atoms. The van der Waals surface area contributed by atoms with Gasteiger partial charge in [-0.3, -0.25) is 4.98 Å². The Morgan fingerprint density at radius 1 is 1.60 bits per heavy atom. The van der Waals surface area contributed by atoms with E-state index in [1.54, 1.807) is 6.20 Å². The predicted octanol–water partition coefficient (Wildman–Crippen LogP) is 2.07. The van der Waals surface area contributed by atoms with Crippen LogP contribution in [-0.4, -0.2) is 15.5 Å². The van der Waals surface area contributed by atoms with Gasteiger partial charge in [-0.25, -0.2) is 0 Å². The van der Waals surface area contributed by atoms with Gasteiger partial charge in [0.15, 0.2) is 0 Å². The van der Waals surface area contributed by atoms with Crippen molar-refractivity contribution in [1.29, 1.82) is 0 Å². The van der Waals surface area contributed by atoms with Gasteiger partial charge in [-0.15, -0.1) is 0 Å². The summed E-state index contributed by atoms with van der Waals surface area (Å²) < 4.78 is 0. The minimum atomic E-state index is 0.245.